The fourth-order valence-electron chi connectivity index (χ4n) is 1.72. The molecular formula is C13H18N2O3. The average Bonchev–Trinajstić information content (AvgIpc) is 2.90. The molecule has 0 aromatic heterocycles. The monoisotopic (exact) mass is 250 g/mol. The van der Waals surface area contributed by atoms with Gasteiger partial charge in [-0.2, -0.15) is 0 Å². The predicted molar refractivity (Wildman–Crippen MR) is 68.6 cm³/mol. The first kappa shape index (κ1) is 12.7. The van der Waals surface area contributed by atoms with Crippen molar-refractivity contribution < 1.29 is 14.3 Å². The summed E-state index contributed by atoms with van der Waals surface area (Å²) in [5.41, 5.74) is 6.88. The Balaban J connectivity index is 1.84. The van der Waals surface area contributed by atoms with Crippen molar-refractivity contribution >= 4 is 5.84 Å². The molecule has 0 bridgehead atoms. The lowest BCUT2D eigenvalue weighted by molar-refractivity contribution is 0.0469. The number of oxime groups is 1. The van der Waals surface area contributed by atoms with E-state index in [1.807, 2.05) is 24.3 Å². The molecule has 5 heteroatoms. The smallest absolute Gasteiger partial charge is 0.153 e. The fourth-order valence-corrected chi connectivity index (χ4v) is 1.72. The zero-order valence-electron chi connectivity index (χ0n) is 10.5. The minimum atomic E-state index is 0.0411. The summed E-state index contributed by atoms with van der Waals surface area (Å²) in [5, 5.41) is 3.93. The van der Waals surface area contributed by atoms with Gasteiger partial charge in [-0.25, -0.2) is 0 Å². The Morgan fingerprint density at radius 1 is 1.44 bits per heavy atom. The highest BCUT2D eigenvalue weighted by Crippen LogP contribution is 2.12. The van der Waals surface area contributed by atoms with E-state index in [0.717, 1.165) is 24.3 Å². The van der Waals surface area contributed by atoms with Gasteiger partial charge in [-0.1, -0.05) is 17.3 Å². The number of hydrogen-bond donors (Lipinski definition) is 1. The molecule has 1 aromatic rings. The third-order valence-corrected chi connectivity index (χ3v) is 2.75. The van der Waals surface area contributed by atoms with Crippen molar-refractivity contribution in [1.29, 1.82) is 0 Å². The van der Waals surface area contributed by atoms with Gasteiger partial charge in [0.25, 0.3) is 0 Å². The standard InChI is InChI=1S/C13H18N2O3/c1-16-11-4-2-10(3-5-11)8-13(14)15-18-12-6-7-17-9-12/h2-5,12H,6-9H2,1H3,(H2,14,15). The molecule has 1 aliphatic rings. The number of nitrogens with zero attached hydrogens (tertiary/aromatic N) is 1. The topological polar surface area (TPSA) is 66.1 Å². The van der Waals surface area contributed by atoms with Crippen LogP contribution in [0.15, 0.2) is 29.4 Å². The number of benzene rings is 1. The lowest BCUT2D eigenvalue weighted by Gasteiger charge is -2.07. The molecule has 0 amide bonds. The Morgan fingerprint density at radius 3 is 2.83 bits per heavy atom. The Bertz CT molecular complexity index is 397. The summed E-state index contributed by atoms with van der Waals surface area (Å²) in [5.74, 6) is 1.29. The van der Waals surface area contributed by atoms with Crippen LogP contribution in [-0.4, -0.2) is 32.3 Å². The number of methoxy groups -OCH3 is 1. The number of amidine groups is 1. The van der Waals surface area contributed by atoms with Crippen LogP contribution in [0.5, 0.6) is 5.75 Å². The van der Waals surface area contributed by atoms with Crippen LogP contribution < -0.4 is 10.5 Å². The first-order valence-corrected chi connectivity index (χ1v) is 5.97. The molecule has 98 valence electrons. The molecule has 0 radical (unpaired) electrons. The summed E-state index contributed by atoms with van der Waals surface area (Å²) in [4.78, 5) is 5.30. The molecule has 2 rings (SSSR count). The van der Waals surface area contributed by atoms with Crippen LogP contribution in [0.25, 0.3) is 0 Å². The van der Waals surface area contributed by atoms with Crippen molar-refractivity contribution in [3.8, 4) is 5.75 Å². The van der Waals surface area contributed by atoms with Crippen molar-refractivity contribution in [3.63, 3.8) is 0 Å². The van der Waals surface area contributed by atoms with Crippen LogP contribution in [0.2, 0.25) is 0 Å². The second-order valence-electron chi connectivity index (χ2n) is 4.20. The van der Waals surface area contributed by atoms with E-state index in [4.69, 9.17) is 20.0 Å². The van der Waals surface area contributed by atoms with E-state index in [9.17, 15) is 0 Å². The third-order valence-electron chi connectivity index (χ3n) is 2.75. The van der Waals surface area contributed by atoms with Gasteiger partial charge in [0.1, 0.15) is 11.6 Å². The number of nitrogens with two attached hydrogens (primary N) is 1. The summed E-state index contributed by atoms with van der Waals surface area (Å²) in [7, 11) is 1.64. The molecule has 0 spiro atoms. The van der Waals surface area contributed by atoms with E-state index in [0.29, 0.717) is 18.9 Å². The van der Waals surface area contributed by atoms with Gasteiger partial charge in [-0.15, -0.1) is 0 Å². The van der Waals surface area contributed by atoms with Gasteiger partial charge < -0.3 is 20.0 Å². The van der Waals surface area contributed by atoms with Crippen molar-refractivity contribution in [2.75, 3.05) is 20.3 Å². The second kappa shape index (κ2) is 6.26. The fraction of sp³-hybridized carbons (Fsp3) is 0.462. The normalized spacial score (nSPS) is 19.8. The first-order valence-electron chi connectivity index (χ1n) is 5.97. The van der Waals surface area contributed by atoms with Crippen LogP contribution in [0.3, 0.4) is 0 Å². The SMILES string of the molecule is COc1ccc(C/C(N)=N/OC2CCOC2)cc1. The van der Waals surface area contributed by atoms with Crippen molar-refractivity contribution in [2.45, 2.75) is 18.9 Å². The molecular weight excluding hydrogens is 232 g/mol. The van der Waals surface area contributed by atoms with E-state index in [2.05, 4.69) is 5.16 Å². The van der Waals surface area contributed by atoms with Gasteiger partial charge in [0.05, 0.1) is 20.3 Å². The van der Waals surface area contributed by atoms with Gasteiger partial charge in [0, 0.05) is 12.8 Å². The van der Waals surface area contributed by atoms with Crippen molar-refractivity contribution in [2.24, 2.45) is 10.9 Å². The minimum absolute atomic E-state index is 0.0411. The maximum atomic E-state index is 5.81. The summed E-state index contributed by atoms with van der Waals surface area (Å²) in [6, 6.07) is 7.71. The summed E-state index contributed by atoms with van der Waals surface area (Å²) < 4.78 is 10.3. The molecule has 5 nitrogen and oxygen atoms in total. The number of ether oxygens (including phenoxy) is 2. The molecule has 1 heterocycles. The lowest BCUT2D eigenvalue weighted by atomic mass is 10.1. The van der Waals surface area contributed by atoms with Crippen LogP contribution in [0.1, 0.15) is 12.0 Å². The molecule has 1 fully saturated rings. The second-order valence-corrected chi connectivity index (χ2v) is 4.20. The predicted octanol–water partition coefficient (Wildman–Crippen LogP) is 1.32. The quantitative estimate of drug-likeness (QED) is 0.486. The zero-order chi connectivity index (χ0) is 12.8. The maximum absolute atomic E-state index is 5.81. The van der Waals surface area contributed by atoms with E-state index < -0.39 is 0 Å². The lowest BCUT2D eigenvalue weighted by Crippen LogP contribution is -2.18. The first-order chi connectivity index (χ1) is 8.78. The highest BCUT2D eigenvalue weighted by atomic mass is 16.7. The average molecular weight is 250 g/mol. The Kier molecular flexibility index (Phi) is 4.41. The molecule has 0 aliphatic carbocycles. The highest BCUT2D eigenvalue weighted by molar-refractivity contribution is 5.82. The van der Waals surface area contributed by atoms with Crippen molar-refractivity contribution in [3.05, 3.63) is 29.8 Å². The molecule has 1 unspecified atom stereocenters. The van der Waals surface area contributed by atoms with Crippen LogP contribution >= 0.6 is 0 Å². The van der Waals surface area contributed by atoms with Crippen LogP contribution in [0.4, 0.5) is 0 Å². The molecule has 1 aromatic carbocycles. The Hall–Kier alpha value is -1.75. The summed E-state index contributed by atoms with van der Waals surface area (Å²) >= 11 is 0. The van der Waals surface area contributed by atoms with Crippen molar-refractivity contribution in [1.82, 2.24) is 0 Å². The maximum Gasteiger partial charge on any atom is 0.153 e. The molecule has 2 N–H and O–H groups in total. The summed E-state index contributed by atoms with van der Waals surface area (Å²) in [6.45, 7) is 1.33. The number of hydrogen-bond acceptors (Lipinski definition) is 4. The Morgan fingerprint density at radius 2 is 2.22 bits per heavy atom. The molecule has 1 aliphatic heterocycles. The Labute approximate surface area is 107 Å². The highest BCUT2D eigenvalue weighted by Gasteiger charge is 2.16. The van der Waals surface area contributed by atoms with Gasteiger partial charge >= 0.3 is 0 Å². The van der Waals surface area contributed by atoms with Gasteiger partial charge in [-0.05, 0) is 17.7 Å². The molecule has 0 saturated carbocycles. The van der Waals surface area contributed by atoms with Gasteiger partial charge in [0.15, 0.2) is 6.10 Å². The zero-order valence-corrected chi connectivity index (χ0v) is 10.5. The van der Waals surface area contributed by atoms with Crippen LogP contribution in [-0.2, 0) is 16.0 Å². The van der Waals surface area contributed by atoms with Gasteiger partial charge in [-0.3, -0.25) is 0 Å². The van der Waals surface area contributed by atoms with E-state index in [1.54, 1.807) is 7.11 Å². The van der Waals surface area contributed by atoms with Crippen LogP contribution in [0, 0.1) is 0 Å². The number of rotatable bonds is 5. The molecule has 1 saturated heterocycles. The molecule has 18 heavy (non-hydrogen) atoms. The minimum Gasteiger partial charge on any atom is -0.497 e. The largest absolute Gasteiger partial charge is 0.497 e. The van der Waals surface area contributed by atoms with Gasteiger partial charge in [0.2, 0.25) is 0 Å². The van der Waals surface area contributed by atoms with E-state index in [-0.39, 0.29) is 6.10 Å². The van der Waals surface area contributed by atoms with E-state index >= 15 is 0 Å². The molecule has 1 atom stereocenters. The van der Waals surface area contributed by atoms with E-state index in [1.165, 1.54) is 0 Å². The third kappa shape index (κ3) is 3.63. The summed E-state index contributed by atoms with van der Waals surface area (Å²) in [6.07, 6.45) is 1.48.